The van der Waals surface area contributed by atoms with Gasteiger partial charge in [-0.25, -0.2) is 4.79 Å². The molecule has 0 aliphatic heterocycles. The van der Waals surface area contributed by atoms with Gasteiger partial charge in [-0.1, -0.05) is 13.8 Å². The van der Waals surface area contributed by atoms with Gasteiger partial charge in [-0.2, -0.15) is 0 Å². The lowest BCUT2D eigenvalue weighted by Crippen LogP contribution is -2.40. The summed E-state index contributed by atoms with van der Waals surface area (Å²) in [6.45, 7) is 5.28. The predicted octanol–water partition coefficient (Wildman–Crippen LogP) is 2.44. The van der Waals surface area contributed by atoms with Gasteiger partial charge in [-0.3, -0.25) is 0 Å². The minimum Gasteiger partial charge on any atom is -0.467 e. The van der Waals surface area contributed by atoms with Crippen LogP contribution in [0.3, 0.4) is 0 Å². The molecule has 1 aliphatic carbocycles. The van der Waals surface area contributed by atoms with Crippen LogP contribution in [0.4, 0.5) is 4.79 Å². The van der Waals surface area contributed by atoms with Crippen molar-refractivity contribution in [1.82, 2.24) is 10.6 Å². The van der Waals surface area contributed by atoms with Crippen LogP contribution >= 0.6 is 0 Å². The lowest BCUT2D eigenvalue weighted by molar-refractivity contribution is 0.147. The molecule has 2 amide bonds. The van der Waals surface area contributed by atoms with Gasteiger partial charge in [-0.15, -0.1) is 0 Å². The Balaban J connectivity index is 1.66. The number of carbonyl (C=O) groups is 1. The summed E-state index contributed by atoms with van der Waals surface area (Å²) in [5, 5.41) is 15.3. The highest BCUT2D eigenvalue weighted by molar-refractivity contribution is 5.73. The third kappa shape index (κ3) is 4.27. The van der Waals surface area contributed by atoms with Crippen molar-refractivity contribution < 1.29 is 14.3 Å². The van der Waals surface area contributed by atoms with Crippen LogP contribution in [-0.2, 0) is 0 Å². The summed E-state index contributed by atoms with van der Waals surface area (Å²) >= 11 is 0. The zero-order valence-corrected chi connectivity index (χ0v) is 12.2. The summed E-state index contributed by atoms with van der Waals surface area (Å²) in [7, 11) is 0. The predicted molar refractivity (Wildman–Crippen MR) is 76.2 cm³/mol. The van der Waals surface area contributed by atoms with Crippen LogP contribution in [0.5, 0.6) is 0 Å². The summed E-state index contributed by atoms with van der Waals surface area (Å²) in [5.41, 5.74) is 0.311. The molecule has 2 rings (SSSR count). The summed E-state index contributed by atoms with van der Waals surface area (Å²) < 4.78 is 5.07. The molecule has 1 aromatic heterocycles. The molecule has 0 saturated heterocycles. The molecule has 5 nitrogen and oxygen atoms in total. The van der Waals surface area contributed by atoms with Crippen LogP contribution in [0.1, 0.15) is 45.0 Å². The maximum absolute atomic E-state index is 11.7. The van der Waals surface area contributed by atoms with E-state index in [-0.39, 0.29) is 12.6 Å². The lowest BCUT2D eigenvalue weighted by Gasteiger charge is -2.18. The molecule has 3 N–H and O–H groups in total. The van der Waals surface area contributed by atoms with Crippen molar-refractivity contribution in [3.05, 3.63) is 24.2 Å². The fraction of sp³-hybridized carbons (Fsp3) is 0.667. The van der Waals surface area contributed by atoms with Gasteiger partial charge in [0.05, 0.1) is 12.8 Å². The third-order valence-electron chi connectivity index (χ3n) is 3.75. The van der Waals surface area contributed by atoms with Gasteiger partial charge in [0, 0.05) is 6.54 Å². The van der Waals surface area contributed by atoms with Crippen LogP contribution < -0.4 is 10.6 Å². The van der Waals surface area contributed by atoms with Crippen molar-refractivity contribution in [2.45, 2.75) is 39.2 Å². The number of rotatable bonds is 7. The van der Waals surface area contributed by atoms with E-state index in [1.165, 1.54) is 19.1 Å². The molecule has 0 radical (unpaired) electrons. The molecule has 1 aromatic rings. The van der Waals surface area contributed by atoms with E-state index in [0.29, 0.717) is 23.6 Å². The van der Waals surface area contributed by atoms with E-state index in [9.17, 15) is 9.90 Å². The minimum atomic E-state index is -0.804. The first-order valence-corrected chi connectivity index (χ1v) is 7.24. The average molecular weight is 280 g/mol. The molecule has 5 heteroatoms. The molecule has 1 saturated carbocycles. The first-order valence-electron chi connectivity index (χ1n) is 7.24. The van der Waals surface area contributed by atoms with Crippen LogP contribution in [-0.4, -0.2) is 24.2 Å². The Morgan fingerprint density at radius 1 is 1.45 bits per heavy atom. The molecule has 0 bridgehead atoms. The molecule has 1 fully saturated rings. The van der Waals surface area contributed by atoms with Gasteiger partial charge < -0.3 is 20.2 Å². The van der Waals surface area contributed by atoms with E-state index in [2.05, 4.69) is 24.5 Å². The highest BCUT2D eigenvalue weighted by atomic mass is 16.4. The molecular formula is C15H24N2O3. The van der Waals surface area contributed by atoms with E-state index in [0.717, 1.165) is 6.42 Å². The molecule has 0 aromatic carbocycles. The molecule has 1 heterocycles. The maximum Gasteiger partial charge on any atom is 0.314 e. The van der Waals surface area contributed by atoms with Crippen molar-refractivity contribution in [3.8, 4) is 0 Å². The average Bonchev–Trinajstić information content (AvgIpc) is 2.93. The summed E-state index contributed by atoms with van der Waals surface area (Å²) in [6, 6.07) is 3.17. The van der Waals surface area contributed by atoms with Crippen LogP contribution in [0.15, 0.2) is 22.8 Å². The monoisotopic (exact) mass is 280 g/mol. The smallest absolute Gasteiger partial charge is 0.314 e. The largest absolute Gasteiger partial charge is 0.467 e. The molecule has 20 heavy (non-hydrogen) atoms. The molecule has 1 atom stereocenters. The number of amides is 2. The molecule has 1 aliphatic rings. The quantitative estimate of drug-likeness (QED) is 0.718. The molecule has 0 spiro atoms. The highest BCUT2D eigenvalue weighted by Gasteiger charge is 2.42. The van der Waals surface area contributed by atoms with Gasteiger partial charge in [0.25, 0.3) is 0 Å². The summed E-state index contributed by atoms with van der Waals surface area (Å²) in [6.07, 6.45) is 4.24. The van der Waals surface area contributed by atoms with Gasteiger partial charge in [0.15, 0.2) is 0 Å². The number of hydrogen-bond donors (Lipinski definition) is 3. The molecule has 1 unspecified atom stereocenters. The fourth-order valence-electron chi connectivity index (χ4n) is 2.60. The third-order valence-corrected chi connectivity index (χ3v) is 3.75. The van der Waals surface area contributed by atoms with Gasteiger partial charge in [-0.05, 0) is 42.7 Å². The maximum atomic E-state index is 11.7. The van der Waals surface area contributed by atoms with E-state index in [4.69, 9.17) is 4.42 Å². The summed E-state index contributed by atoms with van der Waals surface area (Å²) in [4.78, 5) is 11.7. The highest BCUT2D eigenvalue weighted by Crippen LogP contribution is 2.49. The first kappa shape index (κ1) is 14.9. The van der Waals surface area contributed by atoms with Crippen molar-refractivity contribution >= 4 is 6.03 Å². The zero-order chi connectivity index (χ0) is 14.6. The molecular weight excluding hydrogens is 256 g/mol. The normalized spacial score (nSPS) is 17.8. The summed E-state index contributed by atoms with van der Waals surface area (Å²) in [5.74, 6) is 1.12. The van der Waals surface area contributed by atoms with Crippen molar-refractivity contribution in [3.63, 3.8) is 0 Å². The Labute approximate surface area is 119 Å². The van der Waals surface area contributed by atoms with Crippen LogP contribution in [0.25, 0.3) is 0 Å². The van der Waals surface area contributed by atoms with Crippen molar-refractivity contribution in [1.29, 1.82) is 0 Å². The second kappa shape index (κ2) is 6.31. The zero-order valence-electron chi connectivity index (χ0n) is 12.2. The Hall–Kier alpha value is -1.49. The van der Waals surface area contributed by atoms with Crippen molar-refractivity contribution in [2.75, 3.05) is 13.1 Å². The number of aliphatic hydroxyl groups excluding tert-OH is 1. The Morgan fingerprint density at radius 3 is 2.75 bits per heavy atom. The van der Waals surface area contributed by atoms with Crippen molar-refractivity contribution in [2.24, 2.45) is 11.3 Å². The van der Waals surface area contributed by atoms with E-state index >= 15 is 0 Å². The van der Waals surface area contributed by atoms with Crippen LogP contribution in [0.2, 0.25) is 0 Å². The Bertz CT molecular complexity index is 424. The standard InChI is InChI=1S/C15H24N2O3/c1-11(2)8-15(5-6-15)10-17-14(19)16-9-12(18)13-4-3-7-20-13/h3-4,7,11-12,18H,5-6,8-10H2,1-2H3,(H2,16,17,19). The molecule has 112 valence electrons. The second-order valence-corrected chi connectivity index (χ2v) is 6.19. The Morgan fingerprint density at radius 2 is 2.20 bits per heavy atom. The van der Waals surface area contributed by atoms with Crippen LogP contribution in [0, 0.1) is 11.3 Å². The van der Waals surface area contributed by atoms with Gasteiger partial charge >= 0.3 is 6.03 Å². The lowest BCUT2D eigenvalue weighted by atomic mass is 9.94. The number of urea groups is 1. The van der Waals surface area contributed by atoms with E-state index in [1.807, 2.05) is 0 Å². The van der Waals surface area contributed by atoms with Gasteiger partial charge in [0.1, 0.15) is 11.9 Å². The van der Waals surface area contributed by atoms with Gasteiger partial charge in [0.2, 0.25) is 0 Å². The number of nitrogens with one attached hydrogen (secondary N) is 2. The van der Waals surface area contributed by atoms with E-state index < -0.39 is 6.10 Å². The number of aliphatic hydroxyl groups is 1. The Kier molecular flexibility index (Phi) is 4.70. The van der Waals surface area contributed by atoms with E-state index in [1.54, 1.807) is 12.1 Å². The number of hydrogen-bond acceptors (Lipinski definition) is 3. The second-order valence-electron chi connectivity index (χ2n) is 6.19. The first-order chi connectivity index (χ1) is 9.51. The minimum absolute atomic E-state index is 0.149. The SMILES string of the molecule is CC(C)CC1(CNC(=O)NCC(O)c2ccco2)CC1. The fourth-order valence-corrected chi connectivity index (χ4v) is 2.60. The topological polar surface area (TPSA) is 74.5 Å². The number of carbonyl (C=O) groups excluding carboxylic acids is 1. The number of furan rings is 1.